The van der Waals surface area contributed by atoms with Gasteiger partial charge in [0.05, 0.1) is 5.69 Å². The summed E-state index contributed by atoms with van der Waals surface area (Å²) >= 11 is 0. The van der Waals surface area contributed by atoms with Crippen LogP contribution in [0.4, 0.5) is 10.1 Å². The van der Waals surface area contributed by atoms with Gasteiger partial charge in [0.2, 0.25) is 0 Å². The van der Waals surface area contributed by atoms with E-state index >= 15 is 0 Å². The zero-order valence-corrected chi connectivity index (χ0v) is 10.3. The molecule has 0 heterocycles. The lowest BCUT2D eigenvalue weighted by Gasteiger charge is -2.26. The SMILES string of the molecule is CC(C)(C)CC(CN)Nc1ccccc1F. The Balaban J connectivity index is 2.67. The van der Waals surface area contributed by atoms with E-state index in [9.17, 15) is 4.39 Å². The molecular weight excluding hydrogens is 203 g/mol. The summed E-state index contributed by atoms with van der Waals surface area (Å²) in [6.45, 7) is 6.96. The van der Waals surface area contributed by atoms with Crippen LogP contribution < -0.4 is 11.1 Å². The molecule has 0 radical (unpaired) electrons. The number of benzene rings is 1. The van der Waals surface area contributed by atoms with Crippen molar-refractivity contribution in [1.29, 1.82) is 0 Å². The van der Waals surface area contributed by atoms with Crippen LogP contribution in [0.25, 0.3) is 0 Å². The quantitative estimate of drug-likeness (QED) is 0.825. The second-order valence-electron chi connectivity index (χ2n) is 5.32. The fourth-order valence-electron chi connectivity index (χ4n) is 1.73. The Bertz CT molecular complexity index is 331. The van der Waals surface area contributed by atoms with Gasteiger partial charge in [0.1, 0.15) is 5.82 Å². The average molecular weight is 224 g/mol. The van der Waals surface area contributed by atoms with Crippen molar-refractivity contribution >= 4 is 5.69 Å². The second kappa shape index (κ2) is 5.30. The Morgan fingerprint density at radius 3 is 2.44 bits per heavy atom. The summed E-state index contributed by atoms with van der Waals surface area (Å²) in [5.74, 6) is -0.227. The van der Waals surface area contributed by atoms with Crippen molar-refractivity contribution in [3.8, 4) is 0 Å². The molecule has 0 aliphatic carbocycles. The predicted octanol–water partition coefficient (Wildman–Crippen LogP) is 3.00. The van der Waals surface area contributed by atoms with Crippen LogP contribution in [0.3, 0.4) is 0 Å². The van der Waals surface area contributed by atoms with Crippen molar-refractivity contribution in [3.05, 3.63) is 30.1 Å². The highest BCUT2D eigenvalue weighted by molar-refractivity contribution is 5.45. The minimum absolute atomic E-state index is 0.108. The van der Waals surface area contributed by atoms with Gasteiger partial charge in [-0.3, -0.25) is 0 Å². The molecule has 0 aliphatic heterocycles. The fourth-order valence-corrected chi connectivity index (χ4v) is 1.73. The third-order valence-corrected chi connectivity index (χ3v) is 2.38. The maximum Gasteiger partial charge on any atom is 0.146 e. The molecule has 1 aromatic rings. The summed E-state index contributed by atoms with van der Waals surface area (Å²) in [7, 11) is 0. The number of para-hydroxylation sites is 1. The number of rotatable bonds is 4. The van der Waals surface area contributed by atoms with Crippen LogP contribution in [-0.4, -0.2) is 12.6 Å². The van der Waals surface area contributed by atoms with E-state index in [0.29, 0.717) is 12.2 Å². The molecule has 0 saturated heterocycles. The number of halogens is 1. The van der Waals surface area contributed by atoms with Gasteiger partial charge in [-0.15, -0.1) is 0 Å². The highest BCUT2D eigenvalue weighted by Crippen LogP contribution is 2.23. The lowest BCUT2D eigenvalue weighted by molar-refractivity contribution is 0.351. The van der Waals surface area contributed by atoms with Crippen LogP contribution in [0, 0.1) is 11.2 Å². The van der Waals surface area contributed by atoms with Gasteiger partial charge in [0.15, 0.2) is 0 Å². The summed E-state index contributed by atoms with van der Waals surface area (Å²) in [6.07, 6.45) is 0.915. The topological polar surface area (TPSA) is 38.0 Å². The number of hydrogen-bond donors (Lipinski definition) is 2. The van der Waals surface area contributed by atoms with E-state index in [4.69, 9.17) is 5.73 Å². The summed E-state index contributed by atoms with van der Waals surface area (Å²) in [6, 6.07) is 6.79. The van der Waals surface area contributed by atoms with Crippen molar-refractivity contribution < 1.29 is 4.39 Å². The van der Waals surface area contributed by atoms with E-state index < -0.39 is 0 Å². The highest BCUT2D eigenvalue weighted by atomic mass is 19.1. The highest BCUT2D eigenvalue weighted by Gasteiger charge is 2.18. The van der Waals surface area contributed by atoms with E-state index in [1.54, 1.807) is 12.1 Å². The smallest absolute Gasteiger partial charge is 0.146 e. The summed E-state index contributed by atoms with van der Waals surface area (Å²) in [4.78, 5) is 0. The molecule has 0 spiro atoms. The van der Waals surface area contributed by atoms with Gasteiger partial charge in [-0.1, -0.05) is 32.9 Å². The zero-order chi connectivity index (χ0) is 12.2. The van der Waals surface area contributed by atoms with Crippen molar-refractivity contribution in [2.45, 2.75) is 33.2 Å². The Hall–Kier alpha value is -1.09. The number of hydrogen-bond acceptors (Lipinski definition) is 2. The van der Waals surface area contributed by atoms with E-state index in [0.717, 1.165) is 6.42 Å². The van der Waals surface area contributed by atoms with Gasteiger partial charge < -0.3 is 11.1 Å². The first kappa shape index (κ1) is 13.0. The summed E-state index contributed by atoms with van der Waals surface area (Å²) < 4.78 is 13.4. The van der Waals surface area contributed by atoms with Crippen molar-refractivity contribution in [2.75, 3.05) is 11.9 Å². The first-order chi connectivity index (χ1) is 7.42. The molecule has 0 saturated carbocycles. The molecule has 0 amide bonds. The van der Waals surface area contributed by atoms with Crippen LogP contribution in [-0.2, 0) is 0 Å². The third kappa shape index (κ3) is 4.19. The van der Waals surface area contributed by atoms with Crippen molar-refractivity contribution in [1.82, 2.24) is 0 Å². The average Bonchev–Trinajstić information content (AvgIpc) is 2.18. The second-order valence-corrected chi connectivity index (χ2v) is 5.32. The maximum absolute atomic E-state index is 13.4. The molecule has 1 unspecified atom stereocenters. The van der Waals surface area contributed by atoms with Crippen molar-refractivity contribution in [2.24, 2.45) is 11.1 Å². The molecule has 0 aliphatic rings. The fraction of sp³-hybridized carbons (Fsp3) is 0.538. The van der Waals surface area contributed by atoms with Gasteiger partial charge in [-0.2, -0.15) is 0 Å². The van der Waals surface area contributed by atoms with Crippen LogP contribution in [0.1, 0.15) is 27.2 Å². The molecule has 0 aromatic heterocycles. The minimum Gasteiger partial charge on any atom is -0.379 e. The predicted molar refractivity (Wildman–Crippen MR) is 66.9 cm³/mol. The maximum atomic E-state index is 13.4. The Labute approximate surface area is 97.0 Å². The van der Waals surface area contributed by atoms with Gasteiger partial charge in [0.25, 0.3) is 0 Å². The Kier molecular flexibility index (Phi) is 4.30. The molecule has 3 N–H and O–H groups in total. The lowest BCUT2D eigenvalue weighted by atomic mass is 9.88. The van der Waals surface area contributed by atoms with Crippen LogP contribution in [0.15, 0.2) is 24.3 Å². The van der Waals surface area contributed by atoms with E-state index in [2.05, 4.69) is 26.1 Å². The van der Waals surface area contributed by atoms with Crippen LogP contribution in [0.2, 0.25) is 0 Å². The lowest BCUT2D eigenvalue weighted by Crippen LogP contribution is -2.33. The van der Waals surface area contributed by atoms with Crippen LogP contribution in [0.5, 0.6) is 0 Å². The molecule has 3 heteroatoms. The summed E-state index contributed by atoms with van der Waals surface area (Å²) in [5, 5.41) is 3.15. The number of nitrogens with two attached hydrogens (primary N) is 1. The van der Waals surface area contributed by atoms with Crippen molar-refractivity contribution in [3.63, 3.8) is 0 Å². The first-order valence-electron chi connectivity index (χ1n) is 5.63. The third-order valence-electron chi connectivity index (χ3n) is 2.38. The minimum atomic E-state index is -0.227. The van der Waals surface area contributed by atoms with Gasteiger partial charge >= 0.3 is 0 Å². The first-order valence-corrected chi connectivity index (χ1v) is 5.63. The number of anilines is 1. The Morgan fingerprint density at radius 2 is 1.94 bits per heavy atom. The molecule has 1 aromatic carbocycles. The van der Waals surface area contributed by atoms with E-state index in [1.807, 2.05) is 6.07 Å². The normalized spacial score (nSPS) is 13.6. The van der Waals surface area contributed by atoms with Gasteiger partial charge in [-0.25, -0.2) is 4.39 Å². The largest absolute Gasteiger partial charge is 0.379 e. The Morgan fingerprint density at radius 1 is 1.31 bits per heavy atom. The van der Waals surface area contributed by atoms with Crippen LogP contribution >= 0.6 is 0 Å². The monoisotopic (exact) mass is 224 g/mol. The molecule has 90 valence electrons. The zero-order valence-electron chi connectivity index (χ0n) is 10.3. The molecular formula is C13H21FN2. The van der Waals surface area contributed by atoms with E-state index in [1.165, 1.54) is 6.07 Å². The molecule has 2 nitrogen and oxygen atoms in total. The summed E-state index contributed by atoms with van der Waals surface area (Å²) in [5.41, 5.74) is 6.41. The molecule has 0 bridgehead atoms. The van der Waals surface area contributed by atoms with Gasteiger partial charge in [-0.05, 0) is 24.0 Å². The number of nitrogens with one attached hydrogen (secondary N) is 1. The molecule has 0 fully saturated rings. The standard InChI is InChI=1S/C13H21FN2/c1-13(2,3)8-10(9-15)16-12-7-5-4-6-11(12)14/h4-7,10,16H,8-9,15H2,1-3H3. The van der Waals surface area contributed by atoms with E-state index in [-0.39, 0.29) is 17.3 Å². The molecule has 16 heavy (non-hydrogen) atoms. The molecule has 1 atom stereocenters. The molecule has 1 rings (SSSR count). The van der Waals surface area contributed by atoms with Gasteiger partial charge in [0, 0.05) is 12.6 Å².